The normalized spacial score (nSPS) is 15.7. The number of Topliss-reactive ketones (excluding diaryl/α,β-unsaturated/α-hetero) is 1. The number of urea groups is 1. The number of nitrogens with one attached hydrogen (secondary N) is 2. The Morgan fingerprint density at radius 2 is 1.85 bits per heavy atom. The third kappa shape index (κ3) is 5.37. The van der Waals surface area contributed by atoms with E-state index in [1.807, 2.05) is 12.3 Å². The first-order chi connectivity index (χ1) is 13.1. The van der Waals surface area contributed by atoms with E-state index in [1.54, 1.807) is 30.5 Å². The minimum atomic E-state index is -0.253. The molecule has 1 saturated heterocycles. The second-order valence-corrected chi connectivity index (χ2v) is 6.87. The molecule has 2 aromatic rings. The molecule has 2 N–H and O–H groups in total. The largest absolute Gasteiger partial charge is 0.336 e. The van der Waals surface area contributed by atoms with Gasteiger partial charge in [-0.25, -0.2) is 4.79 Å². The first-order valence-electron chi connectivity index (χ1n) is 9.43. The van der Waals surface area contributed by atoms with E-state index in [0.29, 0.717) is 17.8 Å². The molecule has 6 heteroatoms. The van der Waals surface area contributed by atoms with Crippen LogP contribution in [0.4, 0.5) is 10.5 Å². The van der Waals surface area contributed by atoms with Gasteiger partial charge in [-0.1, -0.05) is 12.5 Å². The summed E-state index contributed by atoms with van der Waals surface area (Å²) in [6, 6.07) is 10.8. The summed E-state index contributed by atoms with van der Waals surface area (Å²) in [5.74, 6) is 0.00634. The summed E-state index contributed by atoms with van der Waals surface area (Å²) in [7, 11) is 0. The molecule has 6 nitrogen and oxygen atoms in total. The van der Waals surface area contributed by atoms with Gasteiger partial charge >= 0.3 is 6.03 Å². The van der Waals surface area contributed by atoms with E-state index < -0.39 is 0 Å². The number of nitrogens with zero attached hydrogens (tertiary/aromatic N) is 2. The van der Waals surface area contributed by atoms with Crippen molar-refractivity contribution < 1.29 is 9.59 Å². The summed E-state index contributed by atoms with van der Waals surface area (Å²) in [6.45, 7) is 4.11. The predicted molar refractivity (Wildman–Crippen MR) is 106 cm³/mol. The lowest BCUT2D eigenvalue weighted by molar-refractivity contribution is 0.101. The minimum absolute atomic E-state index is 0.00634. The summed E-state index contributed by atoms with van der Waals surface area (Å²) >= 11 is 0. The monoisotopic (exact) mass is 366 g/mol. The van der Waals surface area contributed by atoms with Crippen LogP contribution in [0.25, 0.3) is 0 Å². The Morgan fingerprint density at radius 1 is 1.11 bits per heavy atom. The number of hydrogen-bond donors (Lipinski definition) is 2. The average molecular weight is 366 g/mol. The van der Waals surface area contributed by atoms with Gasteiger partial charge < -0.3 is 10.6 Å². The van der Waals surface area contributed by atoms with Crippen LogP contribution >= 0.6 is 0 Å². The molecule has 3 rings (SSSR count). The standard InChI is InChI=1S/C21H26N4O2/c1-16(26)17-7-9-19(10-8-17)24-21(27)23-15-20(18-6-5-11-22-14-18)25-12-3-2-4-13-25/h5-11,14,20H,2-4,12-13,15H2,1H3,(H2,23,24,27)/t20-/m1/s1. The Hall–Kier alpha value is -2.73. The molecule has 1 aromatic carbocycles. The lowest BCUT2D eigenvalue weighted by Crippen LogP contribution is -2.41. The zero-order valence-corrected chi connectivity index (χ0v) is 15.6. The molecular formula is C21H26N4O2. The number of carbonyl (C=O) groups excluding carboxylic acids is 2. The van der Waals surface area contributed by atoms with Crippen LogP contribution in [0, 0.1) is 0 Å². The number of carbonyl (C=O) groups is 2. The smallest absolute Gasteiger partial charge is 0.319 e. The molecule has 142 valence electrons. The minimum Gasteiger partial charge on any atom is -0.336 e. The highest BCUT2D eigenvalue weighted by Crippen LogP contribution is 2.23. The average Bonchev–Trinajstić information content (AvgIpc) is 2.70. The van der Waals surface area contributed by atoms with Gasteiger partial charge in [-0.05, 0) is 68.8 Å². The molecule has 1 aromatic heterocycles. The van der Waals surface area contributed by atoms with Crippen LogP contribution in [0.1, 0.15) is 48.1 Å². The molecule has 1 aliphatic heterocycles. The highest BCUT2D eigenvalue weighted by atomic mass is 16.2. The van der Waals surface area contributed by atoms with Crippen LogP contribution in [0.5, 0.6) is 0 Å². The number of hydrogen-bond acceptors (Lipinski definition) is 4. The molecule has 0 saturated carbocycles. The van der Waals surface area contributed by atoms with Gasteiger partial charge in [0.05, 0.1) is 6.04 Å². The number of piperidine rings is 1. The fourth-order valence-electron chi connectivity index (χ4n) is 3.41. The molecule has 0 aliphatic carbocycles. The molecule has 1 atom stereocenters. The first-order valence-corrected chi connectivity index (χ1v) is 9.43. The first kappa shape index (κ1) is 19.0. The van der Waals surface area contributed by atoms with Crippen molar-refractivity contribution in [1.29, 1.82) is 0 Å². The second-order valence-electron chi connectivity index (χ2n) is 6.87. The van der Waals surface area contributed by atoms with Crippen LogP contribution < -0.4 is 10.6 Å². The SMILES string of the molecule is CC(=O)c1ccc(NC(=O)NC[C@H](c2cccnc2)N2CCCCC2)cc1. The van der Waals surface area contributed by atoms with Crippen molar-refractivity contribution in [2.24, 2.45) is 0 Å². The highest BCUT2D eigenvalue weighted by molar-refractivity contribution is 5.95. The maximum Gasteiger partial charge on any atom is 0.319 e. The van der Waals surface area contributed by atoms with Crippen LogP contribution in [0.15, 0.2) is 48.8 Å². The molecule has 1 aliphatic rings. The Kier molecular flexibility index (Phi) is 6.54. The topological polar surface area (TPSA) is 74.3 Å². The van der Waals surface area contributed by atoms with E-state index in [1.165, 1.54) is 26.2 Å². The van der Waals surface area contributed by atoms with Crippen LogP contribution in [-0.4, -0.2) is 41.3 Å². The number of benzene rings is 1. The second kappa shape index (κ2) is 9.28. The van der Waals surface area contributed by atoms with Crippen molar-refractivity contribution in [3.05, 3.63) is 59.9 Å². The highest BCUT2D eigenvalue weighted by Gasteiger charge is 2.23. The molecule has 1 fully saturated rings. The van der Waals surface area contributed by atoms with Gasteiger partial charge in [0.2, 0.25) is 0 Å². The maximum absolute atomic E-state index is 12.3. The van der Waals surface area contributed by atoms with E-state index in [-0.39, 0.29) is 17.9 Å². The van der Waals surface area contributed by atoms with Crippen LogP contribution in [-0.2, 0) is 0 Å². The number of likely N-dealkylation sites (tertiary alicyclic amines) is 1. The van der Waals surface area contributed by atoms with Gasteiger partial charge in [0.1, 0.15) is 0 Å². The van der Waals surface area contributed by atoms with E-state index in [4.69, 9.17) is 0 Å². The lowest BCUT2D eigenvalue weighted by atomic mass is 10.0. The van der Waals surface area contributed by atoms with E-state index in [0.717, 1.165) is 18.7 Å². The van der Waals surface area contributed by atoms with Crippen molar-refractivity contribution in [2.75, 3.05) is 25.0 Å². The maximum atomic E-state index is 12.3. The number of anilines is 1. The Balaban J connectivity index is 1.60. The van der Waals surface area contributed by atoms with E-state index in [9.17, 15) is 9.59 Å². The van der Waals surface area contributed by atoms with Crippen LogP contribution in [0.2, 0.25) is 0 Å². The van der Waals surface area contributed by atoms with Gasteiger partial charge in [0.15, 0.2) is 5.78 Å². The number of amides is 2. The molecule has 0 unspecified atom stereocenters. The van der Waals surface area contributed by atoms with Crippen molar-refractivity contribution >= 4 is 17.5 Å². The molecular weight excluding hydrogens is 340 g/mol. The zero-order valence-electron chi connectivity index (χ0n) is 15.6. The van der Waals surface area contributed by atoms with Crippen molar-refractivity contribution in [1.82, 2.24) is 15.2 Å². The van der Waals surface area contributed by atoms with Gasteiger partial charge in [0, 0.05) is 30.2 Å². The zero-order chi connectivity index (χ0) is 19.1. The Bertz CT molecular complexity index is 756. The Morgan fingerprint density at radius 3 is 2.48 bits per heavy atom. The van der Waals surface area contributed by atoms with Gasteiger partial charge in [-0.2, -0.15) is 0 Å². The van der Waals surface area contributed by atoms with E-state index >= 15 is 0 Å². The molecule has 0 radical (unpaired) electrons. The van der Waals surface area contributed by atoms with Gasteiger partial charge in [-0.15, -0.1) is 0 Å². The van der Waals surface area contributed by atoms with E-state index in [2.05, 4.69) is 26.6 Å². The summed E-state index contributed by atoms with van der Waals surface area (Å²) < 4.78 is 0. The molecule has 2 heterocycles. The quantitative estimate of drug-likeness (QED) is 0.766. The Labute approximate surface area is 160 Å². The van der Waals surface area contributed by atoms with Crippen LogP contribution in [0.3, 0.4) is 0 Å². The number of pyridine rings is 1. The number of rotatable bonds is 6. The fraction of sp³-hybridized carbons (Fsp3) is 0.381. The molecule has 27 heavy (non-hydrogen) atoms. The third-order valence-electron chi connectivity index (χ3n) is 4.91. The summed E-state index contributed by atoms with van der Waals surface area (Å²) in [6.07, 6.45) is 7.28. The van der Waals surface area contributed by atoms with Crippen molar-refractivity contribution in [2.45, 2.75) is 32.2 Å². The molecule has 2 amide bonds. The van der Waals surface area contributed by atoms with Gasteiger partial charge in [0.25, 0.3) is 0 Å². The lowest BCUT2D eigenvalue weighted by Gasteiger charge is -2.34. The molecule has 0 bridgehead atoms. The predicted octanol–water partition coefficient (Wildman–Crippen LogP) is 3.63. The van der Waals surface area contributed by atoms with Gasteiger partial charge in [-0.3, -0.25) is 14.7 Å². The van der Waals surface area contributed by atoms with Crippen molar-refractivity contribution in [3.63, 3.8) is 0 Å². The molecule has 0 spiro atoms. The fourth-order valence-corrected chi connectivity index (χ4v) is 3.41. The summed E-state index contributed by atoms with van der Waals surface area (Å²) in [4.78, 5) is 30.3. The summed E-state index contributed by atoms with van der Waals surface area (Å²) in [5, 5.41) is 5.80. The third-order valence-corrected chi connectivity index (χ3v) is 4.91. The van der Waals surface area contributed by atoms with Crippen molar-refractivity contribution in [3.8, 4) is 0 Å². The summed E-state index contributed by atoms with van der Waals surface area (Å²) in [5.41, 5.74) is 2.40. The number of ketones is 1. The number of aromatic nitrogens is 1.